The van der Waals surface area contributed by atoms with Crippen LogP contribution in [-0.2, 0) is 4.79 Å². The zero-order chi connectivity index (χ0) is 11.7. The van der Waals surface area contributed by atoms with Gasteiger partial charge in [0.2, 0.25) is 0 Å². The van der Waals surface area contributed by atoms with Gasteiger partial charge in [0, 0.05) is 18.7 Å². The van der Waals surface area contributed by atoms with E-state index in [1.165, 1.54) is 12.1 Å². The summed E-state index contributed by atoms with van der Waals surface area (Å²) in [6.07, 6.45) is 0.0694. The highest BCUT2D eigenvalue weighted by Gasteiger charge is 1.98. The normalized spacial score (nSPS) is 8.60. The minimum absolute atomic E-state index is 0.0694. The fraction of sp³-hybridized carbons (Fsp3) is 0.222. The molecule has 0 bridgehead atoms. The number of nitro benzene ring substituents is 1. The van der Waals surface area contributed by atoms with Crippen molar-refractivity contribution in [2.75, 3.05) is 6.54 Å². The Labute approximate surface area is 86.5 Å². The number of hydrogen-bond acceptors (Lipinski definition) is 4. The van der Waals surface area contributed by atoms with E-state index in [4.69, 9.17) is 10.8 Å². The van der Waals surface area contributed by atoms with Gasteiger partial charge in [-0.3, -0.25) is 14.9 Å². The highest BCUT2D eigenvalue weighted by molar-refractivity contribution is 5.66. The molecule has 6 nitrogen and oxygen atoms in total. The number of hydrogen-bond donors (Lipinski definition) is 2. The standard InChI is InChI=1S/C6H5NO2.C3H7NO2/c8-7(9)6-4-2-1-3-5-6;4-2-1-3(5)6/h1-5H;1-2,4H2,(H,5,6). The van der Waals surface area contributed by atoms with Gasteiger partial charge in [0.1, 0.15) is 0 Å². The Bertz CT molecular complexity index is 313. The van der Waals surface area contributed by atoms with Gasteiger partial charge in [-0.1, -0.05) is 18.2 Å². The van der Waals surface area contributed by atoms with Gasteiger partial charge in [0.25, 0.3) is 5.69 Å². The van der Waals surface area contributed by atoms with Crippen molar-refractivity contribution < 1.29 is 14.8 Å². The Morgan fingerprint density at radius 1 is 1.40 bits per heavy atom. The SMILES string of the molecule is NCCC(=O)O.O=[N+]([O-])c1ccccc1. The third kappa shape index (κ3) is 7.15. The molecule has 0 aromatic heterocycles. The lowest BCUT2D eigenvalue weighted by atomic mass is 10.3. The summed E-state index contributed by atoms with van der Waals surface area (Å²) in [5, 5.41) is 17.8. The number of aliphatic carboxylic acids is 1. The van der Waals surface area contributed by atoms with Crippen LogP contribution >= 0.6 is 0 Å². The van der Waals surface area contributed by atoms with E-state index in [0.29, 0.717) is 0 Å². The molecule has 0 fully saturated rings. The molecule has 15 heavy (non-hydrogen) atoms. The molecule has 0 aliphatic carbocycles. The molecule has 6 heteroatoms. The monoisotopic (exact) mass is 212 g/mol. The largest absolute Gasteiger partial charge is 0.481 e. The second kappa shape index (κ2) is 7.45. The van der Waals surface area contributed by atoms with Crippen molar-refractivity contribution >= 4 is 11.7 Å². The number of rotatable bonds is 3. The van der Waals surface area contributed by atoms with E-state index in [9.17, 15) is 14.9 Å². The zero-order valence-electron chi connectivity index (χ0n) is 8.00. The van der Waals surface area contributed by atoms with Crippen LogP contribution in [0.2, 0.25) is 0 Å². The first-order chi connectivity index (χ1) is 7.07. The second-order valence-corrected chi connectivity index (χ2v) is 2.53. The van der Waals surface area contributed by atoms with E-state index in [2.05, 4.69) is 0 Å². The number of carboxylic acids is 1. The van der Waals surface area contributed by atoms with Crippen LogP contribution in [0.15, 0.2) is 30.3 Å². The average Bonchev–Trinajstić information content (AvgIpc) is 2.20. The zero-order valence-corrected chi connectivity index (χ0v) is 8.00. The van der Waals surface area contributed by atoms with Crippen LogP contribution in [-0.4, -0.2) is 22.5 Å². The molecule has 1 aromatic rings. The number of carboxylic acid groups (broad SMARTS) is 1. The predicted molar refractivity (Wildman–Crippen MR) is 54.4 cm³/mol. The van der Waals surface area contributed by atoms with Gasteiger partial charge in [-0.05, 0) is 0 Å². The van der Waals surface area contributed by atoms with Crippen LogP contribution in [0.25, 0.3) is 0 Å². The van der Waals surface area contributed by atoms with E-state index >= 15 is 0 Å². The van der Waals surface area contributed by atoms with Gasteiger partial charge < -0.3 is 10.8 Å². The first-order valence-electron chi connectivity index (χ1n) is 4.19. The van der Waals surface area contributed by atoms with Gasteiger partial charge in [-0.25, -0.2) is 0 Å². The summed E-state index contributed by atoms with van der Waals surface area (Å²) in [5.41, 5.74) is 4.99. The Morgan fingerprint density at radius 2 is 1.93 bits per heavy atom. The predicted octanol–water partition coefficient (Wildman–Crippen LogP) is 1.01. The van der Waals surface area contributed by atoms with Crippen molar-refractivity contribution in [3.05, 3.63) is 40.4 Å². The summed E-state index contributed by atoms with van der Waals surface area (Å²) in [6.45, 7) is 0.231. The van der Waals surface area contributed by atoms with Crippen molar-refractivity contribution in [2.24, 2.45) is 5.73 Å². The molecule has 0 atom stereocenters. The molecular weight excluding hydrogens is 200 g/mol. The lowest BCUT2D eigenvalue weighted by Gasteiger charge is -1.85. The number of nitrogens with two attached hydrogens (primary N) is 1. The molecule has 0 saturated carbocycles. The topological polar surface area (TPSA) is 106 Å². The Hall–Kier alpha value is -1.95. The molecule has 0 spiro atoms. The van der Waals surface area contributed by atoms with E-state index in [0.717, 1.165) is 0 Å². The van der Waals surface area contributed by atoms with Gasteiger partial charge in [-0.15, -0.1) is 0 Å². The minimum atomic E-state index is -0.836. The fourth-order valence-electron chi connectivity index (χ4n) is 0.673. The number of carbonyl (C=O) groups is 1. The molecule has 0 aliphatic rings. The van der Waals surface area contributed by atoms with Crippen molar-refractivity contribution in [1.29, 1.82) is 0 Å². The van der Waals surface area contributed by atoms with Crippen molar-refractivity contribution in [2.45, 2.75) is 6.42 Å². The first kappa shape index (κ1) is 13.1. The maximum absolute atomic E-state index is 10.0. The smallest absolute Gasteiger partial charge is 0.304 e. The summed E-state index contributed by atoms with van der Waals surface area (Å²) >= 11 is 0. The molecule has 82 valence electrons. The summed E-state index contributed by atoms with van der Waals surface area (Å²) in [4.78, 5) is 19.1. The summed E-state index contributed by atoms with van der Waals surface area (Å²) in [6, 6.07) is 7.93. The minimum Gasteiger partial charge on any atom is -0.481 e. The summed E-state index contributed by atoms with van der Waals surface area (Å²) in [7, 11) is 0. The number of non-ortho nitro benzene ring substituents is 1. The molecule has 1 rings (SSSR count). The number of benzene rings is 1. The van der Waals surface area contributed by atoms with Crippen LogP contribution in [0, 0.1) is 10.1 Å². The number of nitro groups is 1. The van der Waals surface area contributed by atoms with Gasteiger partial charge in [0.15, 0.2) is 0 Å². The molecule has 0 amide bonds. The second-order valence-electron chi connectivity index (χ2n) is 2.53. The molecule has 0 radical (unpaired) electrons. The number of nitrogens with zero attached hydrogens (tertiary/aromatic N) is 1. The van der Waals surface area contributed by atoms with Crippen LogP contribution in [0.4, 0.5) is 5.69 Å². The van der Waals surface area contributed by atoms with E-state index in [1.807, 2.05) is 0 Å². The van der Waals surface area contributed by atoms with Crippen molar-refractivity contribution in [3.8, 4) is 0 Å². The molecule has 1 aromatic carbocycles. The van der Waals surface area contributed by atoms with E-state index in [-0.39, 0.29) is 18.7 Å². The molecule has 0 heterocycles. The van der Waals surface area contributed by atoms with Gasteiger partial charge in [-0.2, -0.15) is 0 Å². The summed E-state index contributed by atoms with van der Waals surface area (Å²) < 4.78 is 0. The highest BCUT2D eigenvalue weighted by atomic mass is 16.6. The van der Waals surface area contributed by atoms with Crippen LogP contribution in [0.5, 0.6) is 0 Å². The molecule has 3 N–H and O–H groups in total. The third-order valence-corrected chi connectivity index (χ3v) is 1.33. The fourth-order valence-corrected chi connectivity index (χ4v) is 0.673. The molecular formula is C9H12N2O4. The highest BCUT2D eigenvalue weighted by Crippen LogP contribution is 2.06. The van der Waals surface area contributed by atoms with Gasteiger partial charge >= 0.3 is 5.97 Å². The van der Waals surface area contributed by atoms with Crippen LogP contribution in [0.3, 0.4) is 0 Å². The Kier molecular flexibility index (Phi) is 6.48. The number of para-hydroxylation sites is 1. The maximum Gasteiger partial charge on any atom is 0.304 e. The third-order valence-electron chi connectivity index (χ3n) is 1.33. The molecule has 0 aliphatic heterocycles. The Morgan fingerprint density at radius 3 is 2.13 bits per heavy atom. The lowest BCUT2D eigenvalue weighted by molar-refractivity contribution is -0.384. The first-order valence-corrected chi connectivity index (χ1v) is 4.19. The molecule has 0 unspecified atom stereocenters. The molecule has 0 saturated heterocycles. The Balaban J connectivity index is 0.000000288. The van der Waals surface area contributed by atoms with Crippen molar-refractivity contribution in [3.63, 3.8) is 0 Å². The van der Waals surface area contributed by atoms with E-state index in [1.54, 1.807) is 18.2 Å². The summed E-state index contributed by atoms with van der Waals surface area (Å²) in [5.74, 6) is -0.836. The lowest BCUT2D eigenvalue weighted by Crippen LogP contribution is -2.05. The van der Waals surface area contributed by atoms with E-state index < -0.39 is 10.9 Å². The maximum atomic E-state index is 10.0. The van der Waals surface area contributed by atoms with Gasteiger partial charge in [0.05, 0.1) is 11.3 Å². The average molecular weight is 212 g/mol. The van der Waals surface area contributed by atoms with Crippen LogP contribution in [0.1, 0.15) is 6.42 Å². The quantitative estimate of drug-likeness (QED) is 0.574. The van der Waals surface area contributed by atoms with Crippen molar-refractivity contribution in [1.82, 2.24) is 0 Å². The van der Waals surface area contributed by atoms with Crippen LogP contribution < -0.4 is 5.73 Å².